The first-order valence-electron chi connectivity index (χ1n) is 8.72. The molecule has 0 spiro atoms. The Morgan fingerprint density at radius 3 is 2.40 bits per heavy atom. The lowest BCUT2D eigenvalue weighted by atomic mass is 9.68. The number of rotatable bonds is 5. The molecule has 0 saturated heterocycles. The van der Waals surface area contributed by atoms with Crippen LogP contribution in [0.5, 0.6) is 5.75 Å². The first-order valence-corrected chi connectivity index (χ1v) is 9.10. The SMILES string of the molecule is COc1ccc(C(=O)NC(C)C)cc1[C@H]1C[C@H](c2ccc(Cl)cc2)C1. The van der Waals surface area contributed by atoms with E-state index < -0.39 is 0 Å². The van der Waals surface area contributed by atoms with E-state index in [1.54, 1.807) is 7.11 Å². The third-order valence-electron chi connectivity index (χ3n) is 4.83. The lowest BCUT2D eigenvalue weighted by Gasteiger charge is -2.37. The number of carbonyl (C=O) groups excluding carboxylic acids is 1. The van der Waals surface area contributed by atoms with Gasteiger partial charge in [0.15, 0.2) is 0 Å². The Bertz CT molecular complexity index is 749. The summed E-state index contributed by atoms with van der Waals surface area (Å²) in [5.41, 5.74) is 3.15. The van der Waals surface area contributed by atoms with E-state index in [4.69, 9.17) is 16.3 Å². The Morgan fingerprint density at radius 2 is 1.80 bits per heavy atom. The van der Waals surface area contributed by atoms with Gasteiger partial charge in [0.2, 0.25) is 0 Å². The van der Waals surface area contributed by atoms with Gasteiger partial charge in [-0.05, 0) is 80.0 Å². The smallest absolute Gasteiger partial charge is 0.251 e. The molecule has 132 valence electrons. The van der Waals surface area contributed by atoms with Crippen LogP contribution < -0.4 is 10.1 Å². The minimum Gasteiger partial charge on any atom is -0.496 e. The lowest BCUT2D eigenvalue weighted by molar-refractivity contribution is 0.0943. The molecule has 0 radical (unpaired) electrons. The molecule has 0 aromatic heterocycles. The van der Waals surface area contributed by atoms with Crippen molar-refractivity contribution in [1.29, 1.82) is 0 Å². The predicted molar refractivity (Wildman–Crippen MR) is 102 cm³/mol. The van der Waals surface area contributed by atoms with Gasteiger partial charge in [-0.3, -0.25) is 4.79 Å². The molecular formula is C21H24ClNO2. The van der Waals surface area contributed by atoms with Crippen LogP contribution >= 0.6 is 11.6 Å². The quantitative estimate of drug-likeness (QED) is 0.803. The van der Waals surface area contributed by atoms with Gasteiger partial charge in [0.25, 0.3) is 5.91 Å². The molecule has 0 atom stereocenters. The van der Waals surface area contributed by atoms with Crippen molar-refractivity contribution in [3.05, 3.63) is 64.2 Å². The molecule has 0 heterocycles. The maximum atomic E-state index is 12.3. The third-order valence-corrected chi connectivity index (χ3v) is 5.08. The number of halogens is 1. The molecule has 3 nitrogen and oxygen atoms in total. The summed E-state index contributed by atoms with van der Waals surface area (Å²) >= 11 is 5.97. The molecule has 25 heavy (non-hydrogen) atoms. The van der Waals surface area contributed by atoms with Crippen LogP contribution in [0.3, 0.4) is 0 Å². The standard InChI is InChI=1S/C21H24ClNO2/c1-13(2)23-21(24)15-6-9-20(25-3)19(12-15)17-10-16(11-17)14-4-7-18(22)8-5-14/h4-9,12-13,16-17H,10-11H2,1-3H3,(H,23,24)/t16-,17-. The van der Waals surface area contributed by atoms with Crippen LogP contribution in [0.2, 0.25) is 5.02 Å². The summed E-state index contributed by atoms with van der Waals surface area (Å²) in [4.78, 5) is 12.3. The summed E-state index contributed by atoms with van der Waals surface area (Å²) < 4.78 is 5.53. The topological polar surface area (TPSA) is 38.3 Å². The maximum Gasteiger partial charge on any atom is 0.251 e. The molecule has 3 rings (SSSR count). The maximum absolute atomic E-state index is 12.3. The third kappa shape index (κ3) is 3.98. The summed E-state index contributed by atoms with van der Waals surface area (Å²) in [5.74, 6) is 1.79. The van der Waals surface area contributed by atoms with Gasteiger partial charge in [-0.2, -0.15) is 0 Å². The fourth-order valence-corrected chi connectivity index (χ4v) is 3.55. The highest BCUT2D eigenvalue weighted by atomic mass is 35.5. The molecule has 2 aromatic carbocycles. The number of nitrogens with one attached hydrogen (secondary N) is 1. The summed E-state index contributed by atoms with van der Waals surface area (Å²) in [6.45, 7) is 3.93. The summed E-state index contributed by atoms with van der Waals surface area (Å²) in [7, 11) is 1.68. The second-order valence-electron chi connectivity index (χ2n) is 7.00. The van der Waals surface area contributed by atoms with Crippen LogP contribution in [-0.2, 0) is 0 Å². The van der Waals surface area contributed by atoms with Gasteiger partial charge in [0.1, 0.15) is 5.75 Å². The number of amides is 1. The molecule has 0 unspecified atom stereocenters. The zero-order valence-corrected chi connectivity index (χ0v) is 15.6. The summed E-state index contributed by atoms with van der Waals surface area (Å²) in [6.07, 6.45) is 2.13. The molecule has 0 bridgehead atoms. The van der Waals surface area contributed by atoms with Crippen LogP contribution in [0.4, 0.5) is 0 Å². The minimum atomic E-state index is -0.0347. The zero-order chi connectivity index (χ0) is 18.0. The minimum absolute atomic E-state index is 0.0347. The Labute approximate surface area is 154 Å². The summed E-state index contributed by atoms with van der Waals surface area (Å²) in [5, 5.41) is 3.72. The van der Waals surface area contributed by atoms with Crippen molar-refractivity contribution in [3.63, 3.8) is 0 Å². The van der Waals surface area contributed by atoms with Crippen molar-refractivity contribution in [2.24, 2.45) is 0 Å². The van der Waals surface area contributed by atoms with Crippen molar-refractivity contribution in [3.8, 4) is 5.75 Å². The van der Waals surface area contributed by atoms with Gasteiger partial charge in [-0.1, -0.05) is 23.7 Å². The van der Waals surface area contributed by atoms with E-state index in [0.717, 1.165) is 29.2 Å². The van der Waals surface area contributed by atoms with E-state index in [-0.39, 0.29) is 11.9 Å². The Hall–Kier alpha value is -2.00. The predicted octanol–water partition coefficient (Wildman–Crippen LogP) is 5.15. The van der Waals surface area contributed by atoms with Gasteiger partial charge in [-0.25, -0.2) is 0 Å². The van der Waals surface area contributed by atoms with E-state index in [1.165, 1.54) is 5.56 Å². The van der Waals surface area contributed by atoms with Crippen LogP contribution in [0.15, 0.2) is 42.5 Å². The largest absolute Gasteiger partial charge is 0.496 e. The van der Waals surface area contributed by atoms with E-state index in [9.17, 15) is 4.79 Å². The molecule has 2 aromatic rings. The van der Waals surface area contributed by atoms with Crippen molar-refractivity contribution in [2.75, 3.05) is 7.11 Å². The highest BCUT2D eigenvalue weighted by Crippen LogP contribution is 2.50. The molecule has 1 aliphatic carbocycles. The highest BCUT2D eigenvalue weighted by molar-refractivity contribution is 6.30. The zero-order valence-electron chi connectivity index (χ0n) is 14.9. The number of ether oxygens (including phenoxy) is 1. The van der Waals surface area contributed by atoms with E-state index in [0.29, 0.717) is 17.4 Å². The average molecular weight is 358 g/mol. The second-order valence-corrected chi connectivity index (χ2v) is 7.44. The Balaban J connectivity index is 1.75. The molecule has 0 aliphatic heterocycles. The van der Waals surface area contributed by atoms with Gasteiger partial charge in [-0.15, -0.1) is 0 Å². The van der Waals surface area contributed by atoms with Crippen molar-refractivity contribution < 1.29 is 9.53 Å². The van der Waals surface area contributed by atoms with Crippen molar-refractivity contribution in [2.45, 2.75) is 44.6 Å². The molecular weight excluding hydrogens is 334 g/mol. The Kier molecular flexibility index (Phi) is 5.33. The van der Waals surface area contributed by atoms with E-state index in [2.05, 4.69) is 17.4 Å². The van der Waals surface area contributed by atoms with Crippen LogP contribution in [-0.4, -0.2) is 19.1 Å². The van der Waals surface area contributed by atoms with Gasteiger partial charge in [0, 0.05) is 16.6 Å². The normalized spacial score (nSPS) is 19.4. The fraction of sp³-hybridized carbons (Fsp3) is 0.381. The number of benzene rings is 2. The monoisotopic (exact) mass is 357 g/mol. The summed E-state index contributed by atoms with van der Waals surface area (Å²) in [6, 6.07) is 13.9. The molecule has 1 saturated carbocycles. The number of hydrogen-bond acceptors (Lipinski definition) is 2. The van der Waals surface area contributed by atoms with Gasteiger partial charge < -0.3 is 10.1 Å². The van der Waals surface area contributed by atoms with E-state index in [1.807, 2.05) is 44.2 Å². The van der Waals surface area contributed by atoms with Crippen molar-refractivity contribution >= 4 is 17.5 Å². The number of hydrogen-bond donors (Lipinski definition) is 1. The Morgan fingerprint density at radius 1 is 1.12 bits per heavy atom. The first kappa shape index (κ1) is 17.8. The fourth-order valence-electron chi connectivity index (χ4n) is 3.42. The highest BCUT2D eigenvalue weighted by Gasteiger charge is 2.33. The molecule has 1 aliphatic rings. The molecule has 1 N–H and O–H groups in total. The molecule has 1 fully saturated rings. The molecule has 1 amide bonds. The first-order chi connectivity index (χ1) is 12.0. The van der Waals surface area contributed by atoms with Gasteiger partial charge >= 0.3 is 0 Å². The average Bonchev–Trinajstić information content (AvgIpc) is 2.54. The van der Waals surface area contributed by atoms with Crippen LogP contribution in [0.1, 0.15) is 60.0 Å². The van der Waals surface area contributed by atoms with Crippen LogP contribution in [0, 0.1) is 0 Å². The van der Waals surface area contributed by atoms with Crippen LogP contribution in [0.25, 0.3) is 0 Å². The van der Waals surface area contributed by atoms with Crippen molar-refractivity contribution in [1.82, 2.24) is 5.32 Å². The number of carbonyl (C=O) groups is 1. The van der Waals surface area contributed by atoms with E-state index >= 15 is 0 Å². The second kappa shape index (κ2) is 7.49. The molecule has 4 heteroatoms. The van der Waals surface area contributed by atoms with Gasteiger partial charge in [0.05, 0.1) is 7.11 Å². The lowest BCUT2D eigenvalue weighted by Crippen LogP contribution is -2.30. The number of methoxy groups -OCH3 is 1.